The molecule has 2 N–H and O–H groups in total. The van der Waals surface area contributed by atoms with E-state index in [0.29, 0.717) is 19.4 Å². The van der Waals surface area contributed by atoms with E-state index in [1.807, 2.05) is 6.92 Å². The van der Waals surface area contributed by atoms with Gasteiger partial charge in [0.15, 0.2) is 0 Å². The fraction of sp³-hybridized carbons (Fsp3) is 0.429. The molecular formula is C14H18N2O3. The maximum absolute atomic E-state index is 12.1. The number of rotatable bonds is 2. The molecule has 1 heterocycles. The molecule has 2 rings (SSSR count). The van der Waals surface area contributed by atoms with Crippen LogP contribution in [0.2, 0.25) is 0 Å². The molecule has 0 bridgehead atoms. The number of nitrogens with zero attached hydrogens (tertiary/aromatic N) is 1. The van der Waals surface area contributed by atoms with Crippen LogP contribution in [0.4, 0.5) is 0 Å². The van der Waals surface area contributed by atoms with Gasteiger partial charge < -0.3 is 15.3 Å². The first kappa shape index (κ1) is 13.4. The summed E-state index contributed by atoms with van der Waals surface area (Å²) < 4.78 is 0. The van der Waals surface area contributed by atoms with Crippen LogP contribution >= 0.6 is 0 Å². The summed E-state index contributed by atoms with van der Waals surface area (Å²) in [5.74, 6) is -0.221. The second kappa shape index (κ2) is 5.30. The molecule has 1 fully saturated rings. The number of carbonyl (C=O) groups excluding carboxylic acids is 2. The molecule has 5 nitrogen and oxygen atoms in total. The molecule has 0 spiro atoms. The third-order valence-corrected chi connectivity index (χ3v) is 3.36. The SMILES string of the molecule is Cc1ccc(O)c(C(=O)NC2CCC(=O)N(C)C2)c1. The average Bonchev–Trinajstić information content (AvgIpc) is 2.36. The molecule has 1 atom stereocenters. The molecule has 1 aromatic rings. The smallest absolute Gasteiger partial charge is 0.255 e. The minimum Gasteiger partial charge on any atom is -0.507 e. The van der Waals surface area contributed by atoms with Crippen molar-refractivity contribution in [3.63, 3.8) is 0 Å². The molecule has 0 aliphatic carbocycles. The third-order valence-electron chi connectivity index (χ3n) is 3.36. The minimum absolute atomic E-state index is 0.0247. The Morgan fingerprint density at radius 1 is 1.47 bits per heavy atom. The van der Waals surface area contributed by atoms with E-state index in [9.17, 15) is 14.7 Å². The van der Waals surface area contributed by atoms with Crippen LogP contribution < -0.4 is 5.32 Å². The Morgan fingerprint density at radius 2 is 2.21 bits per heavy atom. The Kier molecular flexibility index (Phi) is 3.74. The lowest BCUT2D eigenvalue weighted by molar-refractivity contribution is -0.132. The van der Waals surface area contributed by atoms with E-state index in [2.05, 4.69) is 5.32 Å². The van der Waals surface area contributed by atoms with E-state index in [0.717, 1.165) is 5.56 Å². The van der Waals surface area contributed by atoms with Gasteiger partial charge in [0.25, 0.3) is 5.91 Å². The molecule has 0 radical (unpaired) electrons. The lowest BCUT2D eigenvalue weighted by Crippen LogP contribution is -2.48. The van der Waals surface area contributed by atoms with Crippen LogP contribution in [0, 0.1) is 6.92 Å². The van der Waals surface area contributed by atoms with Crippen molar-refractivity contribution in [1.82, 2.24) is 10.2 Å². The fourth-order valence-electron chi connectivity index (χ4n) is 2.22. The van der Waals surface area contributed by atoms with Crippen molar-refractivity contribution in [2.45, 2.75) is 25.8 Å². The van der Waals surface area contributed by atoms with Crippen molar-refractivity contribution in [2.24, 2.45) is 0 Å². The number of phenolic OH excluding ortho intramolecular Hbond substituents is 1. The van der Waals surface area contributed by atoms with E-state index in [1.54, 1.807) is 24.1 Å². The van der Waals surface area contributed by atoms with Crippen LogP contribution in [-0.2, 0) is 4.79 Å². The van der Waals surface area contributed by atoms with Crippen molar-refractivity contribution in [3.05, 3.63) is 29.3 Å². The highest BCUT2D eigenvalue weighted by Gasteiger charge is 2.25. The van der Waals surface area contributed by atoms with Crippen LogP contribution in [0.15, 0.2) is 18.2 Å². The molecule has 0 saturated carbocycles. The second-order valence-corrected chi connectivity index (χ2v) is 5.00. The number of likely N-dealkylation sites (tertiary alicyclic amines) is 1. The number of carbonyl (C=O) groups is 2. The van der Waals surface area contributed by atoms with E-state index in [1.165, 1.54) is 6.07 Å². The van der Waals surface area contributed by atoms with Crippen molar-refractivity contribution < 1.29 is 14.7 Å². The monoisotopic (exact) mass is 262 g/mol. The predicted octanol–water partition coefficient (Wildman–Crippen LogP) is 1.05. The van der Waals surface area contributed by atoms with Crippen LogP contribution in [0.5, 0.6) is 5.75 Å². The zero-order valence-electron chi connectivity index (χ0n) is 11.1. The molecule has 1 aromatic carbocycles. The van der Waals surface area contributed by atoms with Crippen molar-refractivity contribution in [2.75, 3.05) is 13.6 Å². The largest absolute Gasteiger partial charge is 0.507 e. The van der Waals surface area contributed by atoms with Gasteiger partial charge in [-0.05, 0) is 25.5 Å². The summed E-state index contributed by atoms with van der Waals surface area (Å²) in [7, 11) is 1.73. The van der Waals surface area contributed by atoms with Gasteiger partial charge in [0, 0.05) is 26.1 Å². The second-order valence-electron chi connectivity index (χ2n) is 5.00. The van der Waals surface area contributed by atoms with Gasteiger partial charge in [-0.1, -0.05) is 11.6 Å². The lowest BCUT2D eigenvalue weighted by Gasteiger charge is -2.30. The standard InChI is InChI=1S/C14H18N2O3/c1-9-3-5-12(17)11(7-9)14(19)15-10-4-6-13(18)16(2)8-10/h3,5,7,10,17H,4,6,8H2,1-2H3,(H,15,19). The van der Waals surface area contributed by atoms with Gasteiger partial charge in [-0.25, -0.2) is 0 Å². The maximum Gasteiger partial charge on any atom is 0.255 e. The highest BCUT2D eigenvalue weighted by atomic mass is 16.3. The number of hydrogen-bond donors (Lipinski definition) is 2. The molecule has 1 saturated heterocycles. The normalized spacial score (nSPS) is 19.4. The van der Waals surface area contributed by atoms with Gasteiger partial charge in [0.05, 0.1) is 5.56 Å². The summed E-state index contributed by atoms with van der Waals surface area (Å²) >= 11 is 0. The van der Waals surface area contributed by atoms with Gasteiger partial charge in [-0.15, -0.1) is 0 Å². The summed E-state index contributed by atoms with van der Waals surface area (Å²) in [6, 6.07) is 4.86. The van der Waals surface area contributed by atoms with Crippen LogP contribution in [0.1, 0.15) is 28.8 Å². The molecule has 2 amide bonds. The number of hydrogen-bond acceptors (Lipinski definition) is 3. The van der Waals surface area contributed by atoms with Gasteiger partial charge in [0.1, 0.15) is 5.75 Å². The Hall–Kier alpha value is -2.04. The summed E-state index contributed by atoms with van der Waals surface area (Å²) in [4.78, 5) is 25.1. The lowest BCUT2D eigenvalue weighted by atomic mass is 10.0. The Bertz CT molecular complexity index is 513. The highest BCUT2D eigenvalue weighted by Crippen LogP contribution is 2.19. The van der Waals surface area contributed by atoms with E-state index >= 15 is 0 Å². The van der Waals surface area contributed by atoms with Crippen molar-refractivity contribution in [3.8, 4) is 5.75 Å². The number of benzene rings is 1. The molecule has 19 heavy (non-hydrogen) atoms. The fourth-order valence-corrected chi connectivity index (χ4v) is 2.22. The van der Waals surface area contributed by atoms with Crippen LogP contribution in [-0.4, -0.2) is 41.5 Å². The summed E-state index contributed by atoms with van der Waals surface area (Å²) in [6.07, 6.45) is 1.09. The first-order valence-electron chi connectivity index (χ1n) is 6.32. The average molecular weight is 262 g/mol. The predicted molar refractivity (Wildman–Crippen MR) is 71.0 cm³/mol. The summed E-state index contributed by atoms with van der Waals surface area (Å²) in [5.41, 5.74) is 1.19. The minimum atomic E-state index is -0.297. The number of likely N-dealkylation sites (N-methyl/N-ethyl adjacent to an activating group) is 1. The first-order chi connectivity index (χ1) is 8.97. The van der Waals surface area contributed by atoms with Crippen molar-refractivity contribution >= 4 is 11.8 Å². The number of phenols is 1. The number of aryl methyl sites for hydroxylation is 1. The Balaban J connectivity index is 2.05. The third kappa shape index (κ3) is 3.05. The quantitative estimate of drug-likeness (QED) is 0.837. The highest BCUT2D eigenvalue weighted by molar-refractivity contribution is 5.97. The summed E-state index contributed by atoms with van der Waals surface area (Å²) in [6.45, 7) is 2.38. The molecule has 1 aliphatic rings. The molecule has 5 heteroatoms. The number of nitrogens with one attached hydrogen (secondary N) is 1. The number of piperidine rings is 1. The zero-order chi connectivity index (χ0) is 14.0. The zero-order valence-corrected chi connectivity index (χ0v) is 11.1. The Morgan fingerprint density at radius 3 is 2.89 bits per heavy atom. The maximum atomic E-state index is 12.1. The van der Waals surface area contributed by atoms with Gasteiger partial charge in [-0.2, -0.15) is 0 Å². The van der Waals surface area contributed by atoms with Gasteiger partial charge in [-0.3, -0.25) is 9.59 Å². The number of amides is 2. The molecule has 102 valence electrons. The van der Waals surface area contributed by atoms with E-state index < -0.39 is 0 Å². The molecular weight excluding hydrogens is 244 g/mol. The molecule has 0 aromatic heterocycles. The van der Waals surface area contributed by atoms with Crippen LogP contribution in [0.3, 0.4) is 0 Å². The first-order valence-corrected chi connectivity index (χ1v) is 6.32. The van der Waals surface area contributed by atoms with Gasteiger partial charge in [0.2, 0.25) is 5.91 Å². The summed E-state index contributed by atoms with van der Waals surface area (Å²) in [5, 5.41) is 12.6. The van der Waals surface area contributed by atoms with Crippen molar-refractivity contribution in [1.29, 1.82) is 0 Å². The Labute approximate surface area is 112 Å². The number of aromatic hydroxyl groups is 1. The molecule has 1 unspecified atom stereocenters. The van der Waals surface area contributed by atoms with E-state index in [-0.39, 0.29) is 29.2 Å². The molecule has 1 aliphatic heterocycles. The van der Waals surface area contributed by atoms with Crippen LogP contribution in [0.25, 0.3) is 0 Å². The van der Waals surface area contributed by atoms with Gasteiger partial charge >= 0.3 is 0 Å². The van der Waals surface area contributed by atoms with E-state index in [4.69, 9.17) is 0 Å². The topological polar surface area (TPSA) is 69.6 Å².